The molecule has 0 radical (unpaired) electrons. The zero-order chi connectivity index (χ0) is 22.0. The highest BCUT2D eigenvalue weighted by Gasteiger charge is 2.17. The van der Waals surface area contributed by atoms with E-state index in [1.54, 1.807) is 36.7 Å². The molecule has 0 aliphatic rings. The summed E-state index contributed by atoms with van der Waals surface area (Å²) in [5, 5.41) is 2.85. The van der Waals surface area contributed by atoms with Gasteiger partial charge in [-0.25, -0.2) is 9.78 Å². The molecule has 0 atom stereocenters. The number of fused-ring (bicyclic) bond motifs is 1. The fraction of sp³-hybridized carbons (Fsp3) is 0.174. The summed E-state index contributed by atoms with van der Waals surface area (Å²) in [6.45, 7) is 3.67. The van der Waals surface area contributed by atoms with Crippen LogP contribution in [0.1, 0.15) is 16.7 Å². The third kappa shape index (κ3) is 4.13. The van der Waals surface area contributed by atoms with Gasteiger partial charge in [0.1, 0.15) is 6.54 Å². The van der Waals surface area contributed by atoms with Crippen molar-refractivity contribution in [1.82, 2.24) is 19.1 Å². The highest BCUT2D eigenvalue weighted by atomic mass is 16.2. The Bertz CT molecular complexity index is 1390. The minimum Gasteiger partial charge on any atom is -0.324 e. The molecular weight excluding hydrogens is 394 g/mol. The molecule has 8 nitrogen and oxygen atoms in total. The van der Waals surface area contributed by atoms with Crippen LogP contribution in [0.15, 0.2) is 70.6 Å². The molecule has 1 N–H and O–H groups in total. The van der Waals surface area contributed by atoms with E-state index >= 15 is 0 Å². The average Bonchev–Trinajstić information content (AvgIpc) is 2.77. The maximum absolute atomic E-state index is 13.2. The zero-order valence-corrected chi connectivity index (χ0v) is 17.2. The number of benzene rings is 1. The number of hydrogen-bond donors (Lipinski definition) is 1. The average molecular weight is 415 g/mol. The van der Waals surface area contributed by atoms with Crippen molar-refractivity contribution in [2.75, 3.05) is 5.32 Å². The normalized spacial score (nSPS) is 10.9. The van der Waals surface area contributed by atoms with Gasteiger partial charge in [-0.1, -0.05) is 23.8 Å². The van der Waals surface area contributed by atoms with E-state index in [2.05, 4.69) is 15.3 Å². The number of hydrogen-bond acceptors (Lipinski definition) is 5. The number of anilines is 1. The highest BCUT2D eigenvalue weighted by Crippen LogP contribution is 2.16. The van der Waals surface area contributed by atoms with E-state index in [1.807, 2.05) is 32.0 Å². The van der Waals surface area contributed by atoms with E-state index in [9.17, 15) is 14.4 Å². The number of carbonyl (C=O) groups is 1. The Morgan fingerprint density at radius 1 is 1.03 bits per heavy atom. The van der Waals surface area contributed by atoms with Gasteiger partial charge in [-0.3, -0.25) is 23.7 Å². The maximum Gasteiger partial charge on any atom is 0.332 e. The van der Waals surface area contributed by atoms with Crippen molar-refractivity contribution >= 4 is 22.6 Å². The quantitative estimate of drug-likeness (QED) is 0.539. The molecular formula is C23H21N5O3. The standard InChI is InChI=1S/C23H21N5O3/c1-15-7-8-18(16(2)11-15)26-20(29)14-27-19-6-4-10-25-21(19)22(30)28(23(27)31)13-17-5-3-9-24-12-17/h3-12H,13-14H2,1-2H3,(H,26,29). The lowest BCUT2D eigenvalue weighted by molar-refractivity contribution is -0.116. The van der Waals surface area contributed by atoms with Crippen molar-refractivity contribution in [3.8, 4) is 0 Å². The second-order valence-electron chi connectivity index (χ2n) is 7.36. The molecule has 0 fully saturated rings. The Morgan fingerprint density at radius 3 is 2.58 bits per heavy atom. The van der Waals surface area contributed by atoms with E-state index in [0.29, 0.717) is 16.8 Å². The first-order chi connectivity index (χ1) is 14.9. The predicted octanol–water partition coefficient (Wildman–Crippen LogP) is 2.26. The van der Waals surface area contributed by atoms with Gasteiger partial charge in [-0.15, -0.1) is 0 Å². The van der Waals surface area contributed by atoms with Crippen LogP contribution >= 0.6 is 0 Å². The van der Waals surface area contributed by atoms with Crippen LogP contribution in [0.3, 0.4) is 0 Å². The highest BCUT2D eigenvalue weighted by molar-refractivity contribution is 5.92. The third-order valence-electron chi connectivity index (χ3n) is 5.01. The molecule has 0 saturated heterocycles. The fourth-order valence-electron chi connectivity index (χ4n) is 3.50. The topological polar surface area (TPSA) is 98.9 Å². The molecule has 8 heteroatoms. The Labute approximate surface area is 177 Å². The first-order valence-corrected chi connectivity index (χ1v) is 9.78. The summed E-state index contributed by atoms with van der Waals surface area (Å²) in [4.78, 5) is 47.1. The second kappa shape index (κ2) is 8.35. The molecule has 1 amide bonds. The molecule has 0 spiro atoms. The van der Waals surface area contributed by atoms with E-state index in [4.69, 9.17) is 0 Å². The van der Waals surface area contributed by atoms with Crippen LogP contribution < -0.4 is 16.6 Å². The van der Waals surface area contributed by atoms with Gasteiger partial charge in [-0.2, -0.15) is 0 Å². The van der Waals surface area contributed by atoms with Crippen LogP contribution in [0.2, 0.25) is 0 Å². The van der Waals surface area contributed by atoms with Gasteiger partial charge < -0.3 is 5.32 Å². The summed E-state index contributed by atoms with van der Waals surface area (Å²) in [6, 6.07) is 12.5. The molecule has 0 unspecified atom stereocenters. The molecule has 156 valence electrons. The lowest BCUT2D eigenvalue weighted by Gasteiger charge is -2.14. The van der Waals surface area contributed by atoms with Crippen LogP contribution in [0, 0.1) is 13.8 Å². The van der Waals surface area contributed by atoms with E-state index in [1.165, 1.54) is 10.8 Å². The Kier molecular flexibility index (Phi) is 5.44. The number of aromatic nitrogens is 4. The summed E-state index contributed by atoms with van der Waals surface area (Å²) in [6.07, 6.45) is 4.69. The molecule has 4 rings (SSSR count). The van der Waals surface area contributed by atoms with Crippen molar-refractivity contribution in [2.45, 2.75) is 26.9 Å². The molecule has 0 bridgehead atoms. The molecule has 1 aromatic carbocycles. The van der Waals surface area contributed by atoms with Crippen LogP contribution in [-0.2, 0) is 17.9 Å². The SMILES string of the molecule is Cc1ccc(NC(=O)Cn2c(=O)n(Cc3cccnc3)c(=O)c3ncccc32)c(C)c1. The lowest BCUT2D eigenvalue weighted by Crippen LogP contribution is -2.42. The van der Waals surface area contributed by atoms with Gasteiger partial charge >= 0.3 is 5.69 Å². The van der Waals surface area contributed by atoms with Gasteiger partial charge in [0.25, 0.3) is 5.56 Å². The Hall–Kier alpha value is -4.07. The molecule has 31 heavy (non-hydrogen) atoms. The number of nitrogens with zero attached hydrogens (tertiary/aromatic N) is 4. The number of carbonyl (C=O) groups excluding carboxylic acids is 1. The van der Waals surface area contributed by atoms with Crippen LogP contribution in [0.25, 0.3) is 11.0 Å². The monoisotopic (exact) mass is 415 g/mol. The second-order valence-corrected chi connectivity index (χ2v) is 7.36. The number of amides is 1. The van der Waals surface area contributed by atoms with Gasteiger partial charge in [0, 0.05) is 24.3 Å². The number of pyridine rings is 2. The molecule has 3 aromatic heterocycles. The van der Waals surface area contributed by atoms with Crippen LogP contribution in [0.5, 0.6) is 0 Å². The van der Waals surface area contributed by atoms with Gasteiger partial charge in [0.05, 0.1) is 12.1 Å². The molecule has 0 saturated carbocycles. The summed E-state index contributed by atoms with van der Waals surface area (Å²) in [5.41, 5.74) is 2.75. The van der Waals surface area contributed by atoms with E-state index in [0.717, 1.165) is 15.7 Å². The first kappa shape index (κ1) is 20.2. The summed E-state index contributed by atoms with van der Waals surface area (Å²) in [7, 11) is 0. The first-order valence-electron chi connectivity index (χ1n) is 9.78. The summed E-state index contributed by atoms with van der Waals surface area (Å²) in [5.74, 6) is -0.370. The molecule has 4 aromatic rings. The van der Waals surface area contributed by atoms with Gasteiger partial charge in [0.2, 0.25) is 5.91 Å². The predicted molar refractivity (Wildman–Crippen MR) is 118 cm³/mol. The van der Waals surface area contributed by atoms with Crippen molar-refractivity contribution in [3.05, 3.63) is 98.6 Å². The molecule has 0 aliphatic carbocycles. The summed E-state index contributed by atoms with van der Waals surface area (Å²) >= 11 is 0. The zero-order valence-electron chi connectivity index (χ0n) is 17.2. The molecule has 0 aliphatic heterocycles. The van der Waals surface area contributed by atoms with Crippen molar-refractivity contribution in [3.63, 3.8) is 0 Å². The fourth-order valence-corrected chi connectivity index (χ4v) is 3.50. The summed E-state index contributed by atoms with van der Waals surface area (Å²) < 4.78 is 2.36. The third-order valence-corrected chi connectivity index (χ3v) is 5.01. The smallest absolute Gasteiger partial charge is 0.324 e. The minimum absolute atomic E-state index is 0.0384. The minimum atomic E-state index is -0.579. The van der Waals surface area contributed by atoms with Crippen LogP contribution in [-0.4, -0.2) is 25.0 Å². The lowest BCUT2D eigenvalue weighted by atomic mass is 10.1. The largest absolute Gasteiger partial charge is 0.332 e. The van der Waals surface area contributed by atoms with Crippen molar-refractivity contribution in [2.24, 2.45) is 0 Å². The number of aryl methyl sites for hydroxylation is 2. The number of nitrogens with one attached hydrogen (secondary N) is 1. The number of rotatable bonds is 5. The van der Waals surface area contributed by atoms with Crippen molar-refractivity contribution < 1.29 is 4.79 Å². The van der Waals surface area contributed by atoms with Crippen LogP contribution in [0.4, 0.5) is 5.69 Å². The Balaban J connectivity index is 1.75. The maximum atomic E-state index is 13.2. The molecule has 3 heterocycles. The Morgan fingerprint density at radius 2 is 1.84 bits per heavy atom. The van der Waals surface area contributed by atoms with Crippen molar-refractivity contribution in [1.29, 1.82) is 0 Å². The van der Waals surface area contributed by atoms with E-state index in [-0.39, 0.29) is 24.5 Å². The van der Waals surface area contributed by atoms with Gasteiger partial charge in [0.15, 0.2) is 5.52 Å². The van der Waals surface area contributed by atoms with Gasteiger partial charge in [-0.05, 0) is 49.2 Å². The van der Waals surface area contributed by atoms with E-state index < -0.39 is 11.2 Å².